The molecule has 2 aromatic heterocycles. The van der Waals surface area contributed by atoms with Gasteiger partial charge in [0, 0.05) is 23.3 Å². The molecule has 4 rings (SSSR count). The summed E-state index contributed by atoms with van der Waals surface area (Å²) in [5.41, 5.74) is 8.80. The minimum absolute atomic E-state index is 0.176. The summed E-state index contributed by atoms with van der Waals surface area (Å²) >= 11 is 6.09. The SMILES string of the molecule is NC(=O)c1cc2c(ccc(=O)n2-c2ccccc2)n1Cc1cccc(Cl)c1. The van der Waals surface area contributed by atoms with Crippen LogP contribution in [0.3, 0.4) is 0 Å². The van der Waals surface area contributed by atoms with E-state index in [-0.39, 0.29) is 5.56 Å². The zero-order chi connectivity index (χ0) is 19.0. The Hall–Kier alpha value is -3.31. The maximum atomic E-state index is 12.5. The molecule has 4 aromatic rings. The van der Waals surface area contributed by atoms with Crippen LogP contribution in [0.15, 0.2) is 77.6 Å². The van der Waals surface area contributed by atoms with Gasteiger partial charge < -0.3 is 10.3 Å². The van der Waals surface area contributed by atoms with Crippen LogP contribution in [-0.4, -0.2) is 15.0 Å². The minimum Gasteiger partial charge on any atom is -0.364 e. The maximum absolute atomic E-state index is 12.5. The zero-order valence-electron chi connectivity index (χ0n) is 14.3. The number of aromatic nitrogens is 2. The number of hydrogen-bond donors (Lipinski definition) is 1. The molecule has 27 heavy (non-hydrogen) atoms. The predicted octanol–water partition coefficient (Wildman–Crippen LogP) is 3.59. The Kier molecular flexibility index (Phi) is 4.30. The number of fused-ring (bicyclic) bond motifs is 1. The van der Waals surface area contributed by atoms with E-state index in [9.17, 15) is 9.59 Å². The van der Waals surface area contributed by atoms with Crippen molar-refractivity contribution in [2.24, 2.45) is 5.73 Å². The second-order valence-corrected chi connectivity index (χ2v) is 6.66. The fourth-order valence-corrected chi connectivity index (χ4v) is 3.50. The van der Waals surface area contributed by atoms with Gasteiger partial charge in [-0.25, -0.2) is 0 Å². The molecule has 134 valence electrons. The lowest BCUT2D eigenvalue weighted by atomic mass is 10.2. The predicted molar refractivity (Wildman–Crippen MR) is 107 cm³/mol. The van der Waals surface area contributed by atoms with Gasteiger partial charge in [-0.1, -0.05) is 41.9 Å². The molecule has 0 fully saturated rings. The fraction of sp³-hybridized carbons (Fsp3) is 0.0476. The molecular formula is C21H16ClN3O2. The summed E-state index contributed by atoms with van der Waals surface area (Å²) in [6, 6.07) is 21.6. The van der Waals surface area contributed by atoms with Crippen LogP contribution in [0.2, 0.25) is 5.02 Å². The van der Waals surface area contributed by atoms with Crippen molar-refractivity contribution in [3.05, 3.63) is 99.4 Å². The largest absolute Gasteiger partial charge is 0.364 e. The first kappa shape index (κ1) is 17.1. The quantitative estimate of drug-likeness (QED) is 0.590. The van der Waals surface area contributed by atoms with Crippen molar-refractivity contribution in [1.29, 1.82) is 0 Å². The summed E-state index contributed by atoms with van der Waals surface area (Å²) in [4.78, 5) is 24.6. The summed E-state index contributed by atoms with van der Waals surface area (Å²) in [5.74, 6) is -0.555. The summed E-state index contributed by atoms with van der Waals surface area (Å²) in [5, 5.41) is 0.616. The van der Waals surface area contributed by atoms with E-state index in [1.165, 1.54) is 6.07 Å². The standard InChI is InChI=1S/C21H16ClN3O2/c22-15-6-4-5-14(11-15)13-24-17-9-10-20(26)25(16-7-2-1-3-8-16)18(17)12-19(24)21(23)27/h1-12H,13H2,(H2,23,27). The molecule has 5 nitrogen and oxygen atoms in total. The zero-order valence-corrected chi connectivity index (χ0v) is 15.1. The van der Waals surface area contributed by atoms with Gasteiger partial charge in [-0.2, -0.15) is 0 Å². The monoisotopic (exact) mass is 377 g/mol. The number of halogens is 1. The normalized spacial score (nSPS) is 11.0. The van der Waals surface area contributed by atoms with Crippen molar-refractivity contribution in [3.8, 4) is 5.69 Å². The molecule has 0 spiro atoms. The van der Waals surface area contributed by atoms with Gasteiger partial charge in [0.2, 0.25) is 0 Å². The van der Waals surface area contributed by atoms with Gasteiger partial charge in [-0.15, -0.1) is 0 Å². The number of hydrogen-bond acceptors (Lipinski definition) is 2. The second kappa shape index (κ2) is 6.78. The Labute approximate surface area is 160 Å². The van der Waals surface area contributed by atoms with Crippen molar-refractivity contribution in [2.45, 2.75) is 6.54 Å². The van der Waals surface area contributed by atoms with Crippen LogP contribution < -0.4 is 11.3 Å². The molecule has 0 aliphatic carbocycles. The van der Waals surface area contributed by atoms with E-state index in [2.05, 4.69) is 0 Å². The van der Waals surface area contributed by atoms with Crippen molar-refractivity contribution < 1.29 is 4.79 Å². The van der Waals surface area contributed by atoms with Crippen LogP contribution in [0.1, 0.15) is 16.1 Å². The number of rotatable bonds is 4. The number of pyridine rings is 1. The van der Waals surface area contributed by atoms with Gasteiger partial charge in [-0.3, -0.25) is 14.2 Å². The van der Waals surface area contributed by atoms with Crippen LogP contribution in [0.25, 0.3) is 16.7 Å². The van der Waals surface area contributed by atoms with Crippen molar-refractivity contribution in [2.75, 3.05) is 0 Å². The maximum Gasteiger partial charge on any atom is 0.265 e. The van der Waals surface area contributed by atoms with E-state index in [0.29, 0.717) is 22.8 Å². The summed E-state index contributed by atoms with van der Waals surface area (Å²) < 4.78 is 3.39. The van der Waals surface area contributed by atoms with E-state index in [0.717, 1.165) is 16.8 Å². The van der Waals surface area contributed by atoms with Crippen molar-refractivity contribution in [3.63, 3.8) is 0 Å². The number of nitrogens with zero attached hydrogens (tertiary/aromatic N) is 2. The molecule has 0 aliphatic rings. The Morgan fingerprint density at radius 3 is 2.41 bits per heavy atom. The second-order valence-electron chi connectivity index (χ2n) is 6.22. The molecule has 2 heterocycles. The first-order valence-electron chi connectivity index (χ1n) is 8.39. The smallest absolute Gasteiger partial charge is 0.265 e. The summed E-state index contributed by atoms with van der Waals surface area (Å²) in [6.07, 6.45) is 0. The highest BCUT2D eigenvalue weighted by Gasteiger charge is 2.17. The number of amides is 1. The average Bonchev–Trinajstić information content (AvgIpc) is 3.01. The highest BCUT2D eigenvalue weighted by atomic mass is 35.5. The molecule has 0 aliphatic heterocycles. The molecule has 2 aromatic carbocycles. The molecular weight excluding hydrogens is 362 g/mol. The minimum atomic E-state index is -0.555. The number of primary amides is 1. The lowest BCUT2D eigenvalue weighted by Gasteiger charge is -2.11. The van der Waals surface area contributed by atoms with E-state index in [1.807, 2.05) is 53.1 Å². The first-order valence-corrected chi connectivity index (χ1v) is 8.77. The van der Waals surface area contributed by atoms with E-state index in [1.54, 1.807) is 22.8 Å². The van der Waals surface area contributed by atoms with Crippen LogP contribution in [0, 0.1) is 0 Å². The highest BCUT2D eigenvalue weighted by molar-refractivity contribution is 6.30. The third-order valence-electron chi connectivity index (χ3n) is 4.46. The van der Waals surface area contributed by atoms with Crippen LogP contribution >= 0.6 is 11.6 Å². The lowest BCUT2D eigenvalue weighted by molar-refractivity contribution is 0.0992. The Balaban J connectivity index is 1.98. The number of para-hydroxylation sites is 1. The lowest BCUT2D eigenvalue weighted by Crippen LogP contribution is -2.18. The number of benzene rings is 2. The third-order valence-corrected chi connectivity index (χ3v) is 4.69. The molecule has 0 saturated heterocycles. The first-order chi connectivity index (χ1) is 13.0. The van der Waals surface area contributed by atoms with Crippen molar-refractivity contribution in [1.82, 2.24) is 9.13 Å². The Morgan fingerprint density at radius 2 is 1.70 bits per heavy atom. The molecule has 1 amide bonds. The van der Waals surface area contributed by atoms with Crippen LogP contribution in [0.5, 0.6) is 0 Å². The van der Waals surface area contributed by atoms with E-state index >= 15 is 0 Å². The Morgan fingerprint density at radius 1 is 0.926 bits per heavy atom. The molecule has 0 radical (unpaired) electrons. The number of nitrogens with two attached hydrogens (primary N) is 1. The Bertz CT molecular complexity index is 1210. The van der Waals surface area contributed by atoms with E-state index < -0.39 is 5.91 Å². The number of carbonyl (C=O) groups excluding carboxylic acids is 1. The van der Waals surface area contributed by atoms with Gasteiger partial charge in [0.05, 0.1) is 11.0 Å². The molecule has 0 bridgehead atoms. The van der Waals surface area contributed by atoms with Gasteiger partial charge in [-0.05, 0) is 42.0 Å². The van der Waals surface area contributed by atoms with Gasteiger partial charge in [0.15, 0.2) is 0 Å². The van der Waals surface area contributed by atoms with Crippen LogP contribution in [0.4, 0.5) is 0 Å². The fourth-order valence-electron chi connectivity index (χ4n) is 3.28. The topological polar surface area (TPSA) is 70.0 Å². The molecule has 0 atom stereocenters. The summed E-state index contributed by atoms with van der Waals surface area (Å²) in [7, 11) is 0. The molecule has 6 heteroatoms. The summed E-state index contributed by atoms with van der Waals surface area (Å²) in [6.45, 7) is 0.412. The molecule has 0 unspecified atom stereocenters. The van der Waals surface area contributed by atoms with Crippen LogP contribution in [-0.2, 0) is 6.54 Å². The number of carbonyl (C=O) groups is 1. The van der Waals surface area contributed by atoms with Crippen molar-refractivity contribution >= 4 is 28.5 Å². The molecule has 2 N–H and O–H groups in total. The van der Waals surface area contributed by atoms with E-state index in [4.69, 9.17) is 17.3 Å². The van der Waals surface area contributed by atoms with Gasteiger partial charge >= 0.3 is 0 Å². The molecule has 0 saturated carbocycles. The van der Waals surface area contributed by atoms with Gasteiger partial charge in [0.25, 0.3) is 11.5 Å². The third kappa shape index (κ3) is 3.13. The highest BCUT2D eigenvalue weighted by Crippen LogP contribution is 2.23. The van der Waals surface area contributed by atoms with Gasteiger partial charge in [0.1, 0.15) is 5.69 Å². The average molecular weight is 378 g/mol.